The maximum atomic E-state index is 12.0. The summed E-state index contributed by atoms with van der Waals surface area (Å²) in [6, 6.07) is 0. The third-order valence-electron chi connectivity index (χ3n) is 3.56. The Labute approximate surface area is 116 Å². The van der Waals surface area contributed by atoms with Crippen LogP contribution in [0.4, 0.5) is 0 Å². The van der Waals surface area contributed by atoms with Crippen LogP contribution in [0.25, 0.3) is 0 Å². The summed E-state index contributed by atoms with van der Waals surface area (Å²) < 4.78 is 24.0. The van der Waals surface area contributed by atoms with E-state index in [9.17, 15) is 13.2 Å². The average Bonchev–Trinajstić information content (AvgIpc) is 2.35. The molecule has 1 heterocycles. The van der Waals surface area contributed by atoms with Gasteiger partial charge in [-0.15, -0.1) is 0 Å². The molecule has 1 rings (SSSR count). The first-order valence-electron chi connectivity index (χ1n) is 7.09. The van der Waals surface area contributed by atoms with Crippen LogP contribution in [-0.4, -0.2) is 57.4 Å². The zero-order valence-electron chi connectivity index (χ0n) is 12.0. The van der Waals surface area contributed by atoms with Crippen molar-refractivity contribution in [2.24, 2.45) is 5.92 Å². The van der Waals surface area contributed by atoms with Crippen molar-refractivity contribution in [1.82, 2.24) is 10.2 Å². The predicted molar refractivity (Wildman–Crippen MR) is 76.8 cm³/mol. The van der Waals surface area contributed by atoms with Crippen LogP contribution in [0.15, 0.2) is 0 Å². The van der Waals surface area contributed by atoms with Gasteiger partial charge in [-0.1, -0.05) is 13.3 Å². The smallest absolute Gasteiger partial charge is 0.237 e. The van der Waals surface area contributed by atoms with Crippen molar-refractivity contribution in [3.63, 3.8) is 0 Å². The fraction of sp³-hybridized carbons (Fsp3) is 0.923. The van der Waals surface area contributed by atoms with Gasteiger partial charge in [-0.05, 0) is 38.3 Å². The molecule has 0 aromatic rings. The molecule has 0 unspecified atom stereocenters. The second-order valence-corrected chi connectivity index (χ2v) is 7.53. The highest BCUT2D eigenvalue weighted by molar-refractivity contribution is 7.92. The molecule has 1 saturated heterocycles. The molecule has 5 nitrogen and oxygen atoms in total. The highest BCUT2D eigenvalue weighted by Crippen LogP contribution is 2.14. The fourth-order valence-corrected chi connectivity index (χ4v) is 4.05. The molecule has 0 radical (unpaired) electrons. The summed E-state index contributed by atoms with van der Waals surface area (Å²) >= 11 is 0. The number of amides is 1. The van der Waals surface area contributed by atoms with E-state index in [1.807, 2.05) is 6.92 Å². The van der Waals surface area contributed by atoms with Crippen molar-refractivity contribution in [1.29, 1.82) is 0 Å². The molecule has 0 aromatic carbocycles. The number of sulfone groups is 1. The van der Waals surface area contributed by atoms with Gasteiger partial charge in [0.15, 0.2) is 9.84 Å². The van der Waals surface area contributed by atoms with Crippen LogP contribution in [0.5, 0.6) is 0 Å². The lowest BCUT2D eigenvalue weighted by molar-refractivity contribution is -0.127. The summed E-state index contributed by atoms with van der Waals surface area (Å²) in [5.74, 6) is -0.249. The molecule has 0 atom stereocenters. The lowest BCUT2D eigenvalue weighted by Gasteiger charge is -2.23. The molecule has 0 spiro atoms. The van der Waals surface area contributed by atoms with Crippen LogP contribution in [0.1, 0.15) is 32.6 Å². The Morgan fingerprint density at radius 3 is 2.53 bits per heavy atom. The summed E-state index contributed by atoms with van der Waals surface area (Å²) in [5, 5.41) is 3.21. The van der Waals surface area contributed by atoms with E-state index in [1.54, 1.807) is 7.05 Å². The number of carbonyl (C=O) groups excluding carboxylic acids is 1. The molecule has 1 fully saturated rings. The Kier molecular flexibility index (Phi) is 6.79. The van der Waals surface area contributed by atoms with Gasteiger partial charge >= 0.3 is 0 Å². The second kappa shape index (κ2) is 7.85. The van der Waals surface area contributed by atoms with Crippen LogP contribution in [0.3, 0.4) is 0 Å². The molecule has 19 heavy (non-hydrogen) atoms. The summed E-state index contributed by atoms with van der Waals surface area (Å²) in [6.45, 7) is 4.44. The van der Waals surface area contributed by atoms with Crippen molar-refractivity contribution in [3.8, 4) is 0 Å². The molecule has 112 valence electrons. The Morgan fingerprint density at radius 1 is 1.32 bits per heavy atom. The summed E-state index contributed by atoms with van der Waals surface area (Å²) in [7, 11) is -1.59. The van der Waals surface area contributed by atoms with Crippen LogP contribution >= 0.6 is 0 Å². The molecule has 0 aromatic heterocycles. The van der Waals surface area contributed by atoms with E-state index < -0.39 is 9.84 Å². The fourth-order valence-electron chi connectivity index (χ4n) is 2.28. The molecule has 0 aliphatic carbocycles. The Bertz CT molecular complexity index is 375. The first kappa shape index (κ1) is 16.4. The van der Waals surface area contributed by atoms with Gasteiger partial charge in [-0.25, -0.2) is 8.42 Å². The second-order valence-electron chi connectivity index (χ2n) is 5.42. The molecule has 1 N–H and O–H groups in total. The van der Waals surface area contributed by atoms with Gasteiger partial charge in [-0.3, -0.25) is 4.79 Å². The minimum Gasteiger partial charge on any atom is -0.345 e. The molecular weight excluding hydrogens is 264 g/mol. The van der Waals surface area contributed by atoms with Gasteiger partial charge in [0.25, 0.3) is 0 Å². The lowest BCUT2D eigenvalue weighted by Crippen LogP contribution is -2.37. The number of piperidine rings is 1. The standard InChI is InChI=1S/C13H26N2O3S/c1-3-4-9-15(2)13(16)11-19(17,18)10-12-5-7-14-8-6-12/h12,14H,3-11H2,1-2H3. The van der Waals surface area contributed by atoms with E-state index in [2.05, 4.69) is 5.32 Å². The third-order valence-corrected chi connectivity index (χ3v) is 5.23. The van der Waals surface area contributed by atoms with Gasteiger partial charge in [0.2, 0.25) is 5.91 Å². The topological polar surface area (TPSA) is 66.5 Å². The van der Waals surface area contributed by atoms with Crippen molar-refractivity contribution < 1.29 is 13.2 Å². The normalized spacial score (nSPS) is 17.4. The number of unbranched alkanes of at least 4 members (excludes halogenated alkanes) is 1. The summed E-state index contributed by atoms with van der Waals surface area (Å²) in [5.41, 5.74) is 0. The minimum absolute atomic E-state index is 0.155. The third kappa shape index (κ3) is 6.38. The van der Waals surface area contributed by atoms with Crippen molar-refractivity contribution >= 4 is 15.7 Å². The molecule has 0 saturated carbocycles. The monoisotopic (exact) mass is 290 g/mol. The van der Waals surface area contributed by atoms with Crippen molar-refractivity contribution in [2.75, 3.05) is 38.2 Å². The number of carbonyl (C=O) groups is 1. The van der Waals surface area contributed by atoms with Crippen molar-refractivity contribution in [2.45, 2.75) is 32.6 Å². The van der Waals surface area contributed by atoms with Gasteiger partial charge in [0, 0.05) is 13.6 Å². The largest absolute Gasteiger partial charge is 0.345 e. The van der Waals surface area contributed by atoms with Crippen LogP contribution in [0, 0.1) is 5.92 Å². The molecule has 1 aliphatic rings. The van der Waals surface area contributed by atoms with Crippen LogP contribution in [-0.2, 0) is 14.6 Å². The van der Waals surface area contributed by atoms with Crippen LogP contribution in [0.2, 0.25) is 0 Å². The van der Waals surface area contributed by atoms with Gasteiger partial charge < -0.3 is 10.2 Å². The molecule has 0 bridgehead atoms. The van der Waals surface area contributed by atoms with Gasteiger partial charge in [-0.2, -0.15) is 0 Å². The maximum absolute atomic E-state index is 12.0. The van der Waals surface area contributed by atoms with E-state index in [1.165, 1.54) is 4.90 Å². The van der Waals surface area contributed by atoms with Gasteiger partial charge in [0.05, 0.1) is 5.75 Å². The van der Waals surface area contributed by atoms with Crippen molar-refractivity contribution in [3.05, 3.63) is 0 Å². The first-order valence-corrected chi connectivity index (χ1v) is 8.92. The van der Waals surface area contributed by atoms with E-state index >= 15 is 0 Å². The number of nitrogens with one attached hydrogen (secondary N) is 1. The van der Waals surface area contributed by atoms with E-state index in [4.69, 9.17) is 0 Å². The first-order chi connectivity index (χ1) is 8.94. The maximum Gasteiger partial charge on any atom is 0.237 e. The number of hydrogen-bond donors (Lipinski definition) is 1. The number of nitrogens with zero attached hydrogens (tertiary/aromatic N) is 1. The Morgan fingerprint density at radius 2 is 1.95 bits per heavy atom. The molecular formula is C13H26N2O3S. The molecule has 1 aliphatic heterocycles. The lowest BCUT2D eigenvalue weighted by atomic mass is 10.0. The zero-order valence-corrected chi connectivity index (χ0v) is 12.8. The molecule has 6 heteroatoms. The summed E-state index contributed by atoms with van der Waals surface area (Å²) in [4.78, 5) is 13.4. The average molecular weight is 290 g/mol. The SMILES string of the molecule is CCCCN(C)C(=O)CS(=O)(=O)CC1CCNCC1. The Balaban J connectivity index is 2.42. The van der Waals surface area contributed by atoms with Gasteiger partial charge in [0.1, 0.15) is 5.75 Å². The quantitative estimate of drug-likeness (QED) is 0.748. The van der Waals surface area contributed by atoms with Crippen LogP contribution < -0.4 is 5.32 Å². The van der Waals surface area contributed by atoms with E-state index in [0.29, 0.717) is 6.54 Å². The highest BCUT2D eigenvalue weighted by atomic mass is 32.2. The number of hydrogen-bond acceptors (Lipinski definition) is 4. The minimum atomic E-state index is -3.27. The number of rotatable bonds is 7. The molecule has 1 amide bonds. The zero-order chi connectivity index (χ0) is 14.3. The van der Waals surface area contributed by atoms with E-state index in [-0.39, 0.29) is 23.3 Å². The highest BCUT2D eigenvalue weighted by Gasteiger charge is 2.24. The Hall–Kier alpha value is -0.620. The summed E-state index contributed by atoms with van der Waals surface area (Å²) in [6.07, 6.45) is 3.69. The van der Waals surface area contributed by atoms with E-state index in [0.717, 1.165) is 38.8 Å². The predicted octanol–water partition coefficient (Wildman–Crippen LogP) is 0.659.